The summed E-state index contributed by atoms with van der Waals surface area (Å²) < 4.78 is 6.61. The summed E-state index contributed by atoms with van der Waals surface area (Å²) in [5, 5.41) is 4.71. The van der Waals surface area contributed by atoms with E-state index in [1.807, 2.05) is 44.2 Å². The SMILES string of the molecule is Cc1cc(=O)c(C(=O)OCC(=O)N(Cc2ccccc2)C(C)C)nn1-c1ccc(Cl)cc1. The van der Waals surface area contributed by atoms with Crippen LogP contribution in [0.5, 0.6) is 0 Å². The van der Waals surface area contributed by atoms with Gasteiger partial charge in [0.1, 0.15) is 0 Å². The van der Waals surface area contributed by atoms with Crippen LogP contribution in [0.2, 0.25) is 5.02 Å². The first-order valence-electron chi connectivity index (χ1n) is 10.1. The third-order valence-electron chi connectivity index (χ3n) is 4.84. The highest BCUT2D eigenvalue weighted by atomic mass is 35.5. The molecule has 0 saturated heterocycles. The van der Waals surface area contributed by atoms with Crippen molar-refractivity contribution in [2.24, 2.45) is 0 Å². The predicted molar refractivity (Wildman–Crippen MR) is 122 cm³/mol. The number of nitrogens with zero attached hydrogens (tertiary/aromatic N) is 3. The molecule has 1 heterocycles. The van der Waals surface area contributed by atoms with Gasteiger partial charge in [0.15, 0.2) is 6.61 Å². The molecule has 1 aromatic heterocycles. The molecule has 0 saturated carbocycles. The number of aromatic nitrogens is 2. The molecule has 1 amide bonds. The molecule has 32 heavy (non-hydrogen) atoms. The molecule has 0 spiro atoms. The van der Waals surface area contributed by atoms with Crippen molar-refractivity contribution in [3.8, 4) is 5.69 Å². The number of carbonyl (C=O) groups is 2. The van der Waals surface area contributed by atoms with Crippen LogP contribution >= 0.6 is 11.6 Å². The lowest BCUT2D eigenvalue weighted by Crippen LogP contribution is -2.39. The Morgan fingerprint density at radius 3 is 2.38 bits per heavy atom. The van der Waals surface area contributed by atoms with Gasteiger partial charge < -0.3 is 9.64 Å². The molecule has 3 rings (SSSR count). The second kappa shape index (κ2) is 10.2. The highest BCUT2D eigenvalue weighted by Gasteiger charge is 2.22. The number of rotatable bonds is 7. The van der Waals surface area contributed by atoms with Crippen LogP contribution in [0.3, 0.4) is 0 Å². The van der Waals surface area contributed by atoms with E-state index in [0.29, 0.717) is 22.9 Å². The van der Waals surface area contributed by atoms with Crippen LogP contribution in [0.4, 0.5) is 0 Å². The van der Waals surface area contributed by atoms with Gasteiger partial charge in [-0.2, -0.15) is 5.10 Å². The number of halogens is 1. The van der Waals surface area contributed by atoms with Crippen LogP contribution in [0.15, 0.2) is 65.5 Å². The van der Waals surface area contributed by atoms with Gasteiger partial charge in [0.25, 0.3) is 5.91 Å². The van der Waals surface area contributed by atoms with Crippen LogP contribution in [-0.2, 0) is 16.1 Å². The fourth-order valence-corrected chi connectivity index (χ4v) is 3.28. The minimum atomic E-state index is -0.950. The summed E-state index contributed by atoms with van der Waals surface area (Å²) in [7, 11) is 0. The van der Waals surface area contributed by atoms with Crippen LogP contribution in [-0.4, -0.2) is 39.2 Å². The maximum Gasteiger partial charge on any atom is 0.363 e. The minimum Gasteiger partial charge on any atom is -0.451 e. The highest BCUT2D eigenvalue weighted by Crippen LogP contribution is 2.14. The summed E-state index contributed by atoms with van der Waals surface area (Å²) in [6.07, 6.45) is 0. The third-order valence-corrected chi connectivity index (χ3v) is 5.09. The van der Waals surface area contributed by atoms with E-state index in [4.69, 9.17) is 16.3 Å². The second-order valence-electron chi connectivity index (χ2n) is 7.56. The quantitative estimate of drug-likeness (QED) is 0.508. The first-order valence-corrected chi connectivity index (χ1v) is 10.5. The first kappa shape index (κ1) is 23.2. The van der Waals surface area contributed by atoms with Gasteiger partial charge in [0.2, 0.25) is 11.1 Å². The molecule has 2 aromatic carbocycles. The highest BCUT2D eigenvalue weighted by molar-refractivity contribution is 6.30. The van der Waals surface area contributed by atoms with Crippen LogP contribution in [0.1, 0.15) is 35.6 Å². The van der Waals surface area contributed by atoms with Gasteiger partial charge in [-0.3, -0.25) is 9.59 Å². The molecule has 3 aromatic rings. The molecular formula is C24H24ClN3O4. The lowest BCUT2D eigenvalue weighted by Gasteiger charge is -2.26. The van der Waals surface area contributed by atoms with Crippen molar-refractivity contribution in [3.05, 3.63) is 92.9 Å². The van der Waals surface area contributed by atoms with Crippen molar-refractivity contribution in [3.63, 3.8) is 0 Å². The predicted octanol–water partition coefficient (Wildman–Crippen LogP) is 3.79. The lowest BCUT2D eigenvalue weighted by atomic mass is 10.2. The largest absolute Gasteiger partial charge is 0.451 e. The van der Waals surface area contributed by atoms with Gasteiger partial charge in [-0.05, 0) is 50.6 Å². The maximum absolute atomic E-state index is 12.7. The van der Waals surface area contributed by atoms with Gasteiger partial charge in [0, 0.05) is 29.4 Å². The number of ether oxygens (including phenoxy) is 1. The molecule has 0 unspecified atom stereocenters. The third kappa shape index (κ3) is 5.62. The Hall–Kier alpha value is -3.45. The van der Waals surface area contributed by atoms with Crippen molar-refractivity contribution in [2.75, 3.05) is 6.61 Å². The van der Waals surface area contributed by atoms with Crippen LogP contribution < -0.4 is 5.43 Å². The van der Waals surface area contributed by atoms with Gasteiger partial charge in [-0.1, -0.05) is 41.9 Å². The molecule has 0 bridgehead atoms. The van der Waals surface area contributed by atoms with Crippen molar-refractivity contribution < 1.29 is 14.3 Å². The average molecular weight is 454 g/mol. The minimum absolute atomic E-state index is 0.0963. The molecule has 0 atom stereocenters. The molecular weight excluding hydrogens is 430 g/mol. The second-order valence-corrected chi connectivity index (χ2v) is 8.00. The fraction of sp³-hybridized carbons (Fsp3) is 0.250. The Labute approximate surface area is 191 Å². The summed E-state index contributed by atoms with van der Waals surface area (Å²) in [5.41, 5.74) is 1.17. The maximum atomic E-state index is 12.7. The lowest BCUT2D eigenvalue weighted by molar-refractivity contribution is -0.136. The number of carbonyl (C=O) groups excluding carboxylic acids is 2. The van der Waals surface area contributed by atoms with Crippen molar-refractivity contribution in [1.29, 1.82) is 0 Å². The zero-order valence-corrected chi connectivity index (χ0v) is 18.9. The Bertz CT molecular complexity index is 1160. The summed E-state index contributed by atoms with van der Waals surface area (Å²) in [6, 6.07) is 17.5. The number of amides is 1. The smallest absolute Gasteiger partial charge is 0.363 e. The Morgan fingerprint density at radius 1 is 1.09 bits per heavy atom. The van der Waals surface area contributed by atoms with Crippen LogP contribution in [0.25, 0.3) is 5.69 Å². The van der Waals surface area contributed by atoms with E-state index in [1.54, 1.807) is 36.1 Å². The standard InChI is InChI=1S/C24H24ClN3O4/c1-16(2)27(14-18-7-5-4-6-8-18)22(30)15-32-24(31)23-21(29)13-17(3)28(26-23)20-11-9-19(25)10-12-20/h4-13,16H,14-15H2,1-3H3. The summed E-state index contributed by atoms with van der Waals surface area (Å²) in [6.45, 7) is 5.37. The number of esters is 1. The summed E-state index contributed by atoms with van der Waals surface area (Å²) in [4.78, 5) is 39.3. The number of hydrogen-bond acceptors (Lipinski definition) is 5. The Morgan fingerprint density at radius 2 is 1.75 bits per heavy atom. The van der Waals surface area contributed by atoms with Crippen molar-refractivity contribution in [2.45, 2.75) is 33.4 Å². The summed E-state index contributed by atoms with van der Waals surface area (Å²) >= 11 is 5.93. The number of benzene rings is 2. The molecule has 0 aliphatic heterocycles. The monoisotopic (exact) mass is 453 g/mol. The first-order chi connectivity index (χ1) is 15.3. The van der Waals surface area contributed by atoms with E-state index in [0.717, 1.165) is 5.56 Å². The zero-order valence-electron chi connectivity index (χ0n) is 18.1. The number of aryl methyl sites for hydroxylation is 1. The van der Waals surface area contributed by atoms with E-state index in [-0.39, 0.29) is 11.9 Å². The van der Waals surface area contributed by atoms with E-state index < -0.39 is 23.7 Å². The number of hydrogen-bond donors (Lipinski definition) is 0. The molecule has 0 N–H and O–H groups in total. The van der Waals surface area contributed by atoms with Gasteiger partial charge >= 0.3 is 5.97 Å². The van der Waals surface area contributed by atoms with Crippen molar-refractivity contribution >= 4 is 23.5 Å². The van der Waals surface area contributed by atoms with Gasteiger partial charge in [-0.15, -0.1) is 0 Å². The molecule has 0 fully saturated rings. The van der Waals surface area contributed by atoms with Crippen molar-refractivity contribution in [1.82, 2.24) is 14.7 Å². The Balaban J connectivity index is 1.75. The zero-order chi connectivity index (χ0) is 23.3. The van der Waals surface area contributed by atoms with Gasteiger partial charge in [-0.25, -0.2) is 9.48 Å². The fourth-order valence-electron chi connectivity index (χ4n) is 3.15. The molecule has 8 heteroatoms. The van der Waals surface area contributed by atoms with Crippen LogP contribution in [0, 0.1) is 6.92 Å². The molecule has 0 aliphatic carbocycles. The summed E-state index contributed by atoms with van der Waals surface area (Å²) in [5.74, 6) is -1.31. The van der Waals surface area contributed by atoms with Gasteiger partial charge in [0.05, 0.1) is 5.69 Å². The molecule has 0 radical (unpaired) electrons. The molecule has 7 nitrogen and oxygen atoms in total. The van der Waals surface area contributed by atoms with E-state index >= 15 is 0 Å². The Kier molecular flexibility index (Phi) is 7.43. The molecule has 0 aliphatic rings. The normalized spacial score (nSPS) is 10.8. The van der Waals surface area contributed by atoms with E-state index in [9.17, 15) is 14.4 Å². The van der Waals surface area contributed by atoms with E-state index in [2.05, 4.69) is 5.10 Å². The molecule has 166 valence electrons. The van der Waals surface area contributed by atoms with E-state index in [1.165, 1.54) is 10.7 Å². The average Bonchev–Trinajstić information content (AvgIpc) is 2.77. The topological polar surface area (TPSA) is 81.5 Å².